The minimum Gasteiger partial charge on any atom is -0.496 e. The van der Waals surface area contributed by atoms with Crippen molar-refractivity contribution in [3.05, 3.63) is 57.8 Å². The molecule has 0 aliphatic heterocycles. The Morgan fingerprint density at radius 3 is 2.65 bits per heavy atom. The van der Waals surface area contributed by atoms with Crippen molar-refractivity contribution < 1.29 is 4.74 Å². The summed E-state index contributed by atoms with van der Waals surface area (Å²) in [6.45, 7) is 0. The van der Waals surface area contributed by atoms with E-state index in [-0.39, 0.29) is 0 Å². The van der Waals surface area contributed by atoms with Gasteiger partial charge in [-0.25, -0.2) is 4.98 Å². The zero-order valence-electron chi connectivity index (χ0n) is 12.7. The smallest absolute Gasteiger partial charge is 0.164 e. The van der Waals surface area contributed by atoms with Gasteiger partial charge < -0.3 is 9.64 Å². The fraction of sp³-hybridized carbons (Fsp3) is 0.111. The van der Waals surface area contributed by atoms with E-state index in [9.17, 15) is 5.26 Å². The predicted molar refractivity (Wildman–Crippen MR) is 100 cm³/mol. The van der Waals surface area contributed by atoms with Crippen LogP contribution in [0, 0.1) is 14.9 Å². The van der Waals surface area contributed by atoms with E-state index in [2.05, 4.69) is 33.6 Å². The second-order valence-corrected chi connectivity index (χ2v) is 6.20. The first kappa shape index (κ1) is 15.6. The van der Waals surface area contributed by atoms with Crippen LogP contribution in [0.15, 0.2) is 48.5 Å². The molecule has 5 heteroatoms. The van der Waals surface area contributed by atoms with E-state index < -0.39 is 0 Å². The maximum Gasteiger partial charge on any atom is 0.164 e. The Hall–Kier alpha value is -2.33. The van der Waals surface area contributed by atoms with Crippen molar-refractivity contribution in [2.45, 2.75) is 0 Å². The van der Waals surface area contributed by atoms with E-state index in [1.54, 1.807) is 7.11 Å². The summed E-state index contributed by atoms with van der Waals surface area (Å²) in [5.74, 6) is 0.833. The van der Waals surface area contributed by atoms with Gasteiger partial charge in [-0.2, -0.15) is 5.26 Å². The summed E-state index contributed by atoms with van der Waals surface area (Å²) < 4.78 is 6.31. The first-order chi connectivity index (χ1) is 11.1. The van der Waals surface area contributed by atoms with Gasteiger partial charge in [0.25, 0.3) is 0 Å². The molecule has 0 spiro atoms. The highest BCUT2D eigenvalue weighted by Crippen LogP contribution is 2.32. The predicted octanol–water partition coefficient (Wildman–Crippen LogP) is 4.49. The van der Waals surface area contributed by atoms with Crippen molar-refractivity contribution >= 4 is 44.9 Å². The maximum absolute atomic E-state index is 9.45. The molecular weight excluding hydrogens is 401 g/mol. The van der Waals surface area contributed by atoms with Crippen LogP contribution >= 0.6 is 22.6 Å². The van der Waals surface area contributed by atoms with E-state index in [0.717, 1.165) is 31.6 Å². The molecular formula is C18H14IN3O. The highest BCUT2D eigenvalue weighted by atomic mass is 127. The van der Waals surface area contributed by atoms with Crippen LogP contribution in [0.4, 0.5) is 11.4 Å². The number of aromatic nitrogens is 1. The molecule has 1 aromatic heterocycles. The van der Waals surface area contributed by atoms with Crippen LogP contribution in [0.1, 0.15) is 5.69 Å². The van der Waals surface area contributed by atoms with Crippen molar-refractivity contribution in [3.63, 3.8) is 0 Å². The standard InChI is InChI=1S/C18H14IN3O/c1-22(13-7-8-18(23-2)14(19)10-13)17-9-12-5-3-4-6-15(12)21-16(17)11-20/h3-10H,1-2H3. The molecule has 2 aromatic carbocycles. The summed E-state index contributed by atoms with van der Waals surface area (Å²) in [5.41, 5.74) is 3.00. The molecule has 0 fully saturated rings. The van der Waals surface area contributed by atoms with Crippen LogP contribution in [-0.4, -0.2) is 19.1 Å². The zero-order valence-corrected chi connectivity index (χ0v) is 14.9. The number of halogens is 1. The van der Waals surface area contributed by atoms with E-state index in [1.165, 1.54) is 0 Å². The molecule has 0 N–H and O–H groups in total. The van der Waals surface area contributed by atoms with E-state index >= 15 is 0 Å². The van der Waals surface area contributed by atoms with E-state index in [1.807, 2.05) is 60.5 Å². The van der Waals surface area contributed by atoms with Gasteiger partial charge in [-0.3, -0.25) is 0 Å². The number of hydrogen-bond acceptors (Lipinski definition) is 4. The highest BCUT2D eigenvalue weighted by Gasteiger charge is 2.13. The van der Waals surface area contributed by atoms with Gasteiger partial charge in [-0.05, 0) is 52.9 Å². The monoisotopic (exact) mass is 415 g/mol. The molecule has 0 radical (unpaired) electrons. The molecule has 23 heavy (non-hydrogen) atoms. The van der Waals surface area contributed by atoms with E-state index in [0.29, 0.717) is 5.69 Å². The minimum absolute atomic E-state index is 0.414. The summed E-state index contributed by atoms with van der Waals surface area (Å²) in [7, 11) is 3.59. The van der Waals surface area contributed by atoms with Crippen LogP contribution in [0.5, 0.6) is 5.75 Å². The molecule has 0 bridgehead atoms. The number of benzene rings is 2. The Labute approximate surface area is 148 Å². The SMILES string of the molecule is COc1ccc(N(C)c2cc3ccccc3nc2C#N)cc1I. The Bertz CT molecular complexity index is 918. The number of nitriles is 1. The second kappa shape index (κ2) is 6.42. The largest absolute Gasteiger partial charge is 0.496 e. The number of rotatable bonds is 3. The third-order valence-electron chi connectivity index (χ3n) is 3.69. The van der Waals surface area contributed by atoms with Crippen molar-refractivity contribution in [2.75, 3.05) is 19.1 Å². The number of methoxy groups -OCH3 is 1. The van der Waals surface area contributed by atoms with Crippen molar-refractivity contribution in [2.24, 2.45) is 0 Å². The first-order valence-electron chi connectivity index (χ1n) is 7.01. The van der Waals surface area contributed by atoms with Gasteiger partial charge in [-0.15, -0.1) is 0 Å². The third-order valence-corrected chi connectivity index (χ3v) is 4.54. The number of ether oxygens (including phenoxy) is 1. The molecule has 1 heterocycles. The number of nitrogens with zero attached hydrogens (tertiary/aromatic N) is 3. The van der Waals surface area contributed by atoms with Gasteiger partial charge in [0.1, 0.15) is 11.8 Å². The minimum atomic E-state index is 0.414. The third kappa shape index (κ3) is 2.94. The molecule has 0 aliphatic rings. The van der Waals surface area contributed by atoms with Crippen molar-refractivity contribution in [3.8, 4) is 11.8 Å². The number of anilines is 2. The van der Waals surface area contributed by atoms with Gasteiger partial charge in [0.2, 0.25) is 0 Å². The van der Waals surface area contributed by atoms with Crippen LogP contribution in [0.3, 0.4) is 0 Å². The summed E-state index contributed by atoms with van der Waals surface area (Å²) in [6, 6.07) is 17.9. The quantitative estimate of drug-likeness (QED) is 0.592. The Morgan fingerprint density at radius 2 is 1.96 bits per heavy atom. The Kier molecular flexibility index (Phi) is 4.35. The lowest BCUT2D eigenvalue weighted by atomic mass is 10.1. The summed E-state index contributed by atoms with van der Waals surface area (Å²) >= 11 is 2.24. The van der Waals surface area contributed by atoms with Crippen LogP contribution < -0.4 is 9.64 Å². The van der Waals surface area contributed by atoms with Crippen LogP contribution in [-0.2, 0) is 0 Å². The molecule has 0 amide bonds. The normalized spacial score (nSPS) is 10.3. The summed E-state index contributed by atoms with van der Waals surface area (Å²) in [5, 5.41) is 10.5. The molecule has 0 aliphatic carbocycles. The number of para-hydroxylation sites is 1. The molecule has 3 aromatic rings. The van der Waals surface area contributed by atoms with Crippen molar-refractivity contribution in [1.29, 1.82) is 5.26 Å². The molecule has 0 unspecified atom stereocenters. The van der Waals surface area contributed by atoms with Gasteiger partial charge in [0.05, 0.1) is 21.9 Å². The number of hydrogen-bond donors (Lipinski definition) is 0. The second-order valence-electron chi connectivity index (χ2n) is 5.04. The van der Waals surface area contributed by atoms with Gasteiger partial charge >= 0.3 is 0 Å². The maximum atomic E-state index is 9.45. The van der Waals surface area contributed by atoms with Crippen LogP contribution in [0.2, 0.25) is 0 Å². The first-order valence-corrected chi connectivity index (χ1v) is 8.09. The topological polar surface area (TPSA) is 49.1 Å². The van der Waals surface area contributed by atoms with Gasteiger partial charge in [0, 0.05) is 18.1 Å². The lowest BCUT2D eigenvalue weighted by Gasteiger charge is -2.21. The van der Waals surface area contributed by atoms with E-state index in [4.69, 9.17) is 4.74 Å². The summed E-state index contributed by atoms with van der Waals surface area (Å²) in [4.78, 5) is 6.44. The Balaban J connectivity index is 2.11. The average molecular weight is 415 g/mol. The lowest BCUT2D eigenvalue weighted by molar-refractivity contribution is 0.412. The van der Waals surface area contributed by atoms with Gasteiger partial charge in [-0.1, -0.05) is 18.2 Å². The molecule has 0 saturated heterocycles. The molecule has 3 rings (SSSR count). The number of fused-ring (bicyclic) bond motifs is 1. The Morgan fingerprint density at radius 1 is 1.17 bits per heavy atom. The fourth-order valence-electron chi connectivity index (χ4n) is 2.45. The molecule has 0 atom stereocenters. The fourth-order valence-corrected chi connectivity index (χ4v) is 3.16. The molecule has 4 nitrogen and oxygen atoms in total. The average Bonchev–Trinajstić information content (AvgIpc) is 2.59. The van der Waals surface area contributed by atoms with Crippen LogP contribution in [0.25, 0.3) is 10.9 Å². The molecule has 114 valence electrons. The lowest BCUT2D eigenvalue weighted by Crippen LogP contribution is -2.12. The number of pyridine rings is 1. The zero-order chi connectivity index (χ0) is 16.4. The highest BCUT2D eigenvalue weighted by molar-refractivity contribution is 14.1. The van der Waals surface area contributed by atoms with Crippen molar-refractivity contribution in [1.82, 2.24) is 4.98 Å². The summed E-state index contributed by atoms with van der Waals surface area (Å²) in [6.07, 6.45) is 0. The molecule has 0 saturated carbocycles. The van der Waals surface area contributed by atoms with Gasteiger partial charge in [0.15, 0.2) is 5.69 Å².